The van der Waals surface area contributed by atoms with Gasteiger partial charge >= 0.3 is 0 Å². The van der Waals surface area contributed by atoms with Crippen LogP contribution >= 0.6 is 0 Å². The summed E-state index contributed by atoms with van der Waals surface area (Å²) in [6.07, 6.45) is 4.07. The maximum absolute atomic E-state index is 13.2. The molecule has 1 N–H and O–H groups in total. The van der Waals surface area contributed by atoms with Gasteiger partial charge in [0.1, 0.15) is 16.9 Å². The zero-order valence-electron chi connectivity index (χ0n) is 18.9. The van der Waals surface area contributed by atoms with E-state index in [2.05, 4.69) is 4.72 Å². The summed E-state index contributed by atoms with van der Waals surface area (Å²) in [5, 5.41) is 1.88. The van der Waals surface area contributed by atoms with Gasteiger partial charge in [-0.3, -0.25) is 9.52 Å². The molecule has 0 radical (unpaired) electrons. The van der Waals surface area contributed by atoms with Crippen molar-refractivity contribution >= 4 is 43.6 Å². The Morgan fingerprint density at radius 1 is 0.912 bits per heavy atom. The number of hydrogen-bond acceptors (Lipinski definition) is 5. The fourth-order valence-corrected chi connectivity index (χ4v) is 5.54. The second kappa shape index (κ2) is 9.02. The first kappa shape index (κ1) is 22.3. The van der Waals surface area contributed by atoms with Gasteiger partial charge in [0.25, 0.3) is 15.9 Å². The molecule has 1 aliphatic heterocycles. The number of hydrogen-bond donors (Lipinski definition) is 1. The number of fused-ring (bicyclic) bond motifs is 3. The molecule has 0 atom stereocenters. The van der Waals surface area contributed by atoms with Crippen molar-refractivity contribution in [3.05, 3.63) is 66.2 Å². The number of nitrogens with zero attached hydrogens (tertiary/aromatic N) is 1. The molecule has 176 valence electrons. The SMILES string of the molecule is COc1ccc(S(=O)(=O)Nc2ccc3c(c2)oc2ccccc23)cc1C(=O)N1CCCCCC1. The van der Waals surface area contributed by atoms with Crippen molar-refractivity contribution < 1.29 is 22.4 Å². The number of carbonyl (C=O) groups is 1. The fourth-order valence-electron chi connectivity index (χ4n) is 4.47. The first-order valence-electron chi connectivity index (χ1n) is 11.4. The van der Waals surface area contributed by atoms with Gasteiger partial charge in [-0.05, 0) is 49.2 Å². The summed E-state index contributed by atoms with van der Waals surface area (Å²) >= 11 is 0. The molecule has 3 aromatic carbocycles. The maximum atomic E-state index is 13.2. The second-order valence-electron chi connectivity index (χ2n) is 8.48. The largest absolute Gasteiger partial charge is 0.496 e. The molecular formula is C26H26N2O5S. The molecule has 1 aromatic heterocycles. The number of benzene rings is 3. The predicted molar refractivity (Wildman–Crippen MR) is 132 cm³/mol. The molecule has 0 bridgehead atoms. The van der Waals surface area contributed by atoms with Crippen molar-refractivity contribution in [2.24, 2.45) is 0 Å². The summed E-state index contributed by atoms with van der Waals surface area (Å²) in [6.45, 7) is 1.32. The van der Waals surface area contributed by atoms with Gasteiger partial charge in [-0.1, -0.05) is 31.0 Å². The standard InChI is InChI=1S/C26H26N2O5S/c1-32-23-13-11-19(17-22(23)26(29)28-14-6-2-3-7-15-28)34(30,31)27-18-10-12-21-20-8-4-5-9-24(20)33-25(21)16-18/h4-5,8-13,16-17,27H,2-3,6-7,14-15H2,1H3. The molecule has 7 nitrogen and oxygen atoms in total. The van der Waals surface area contributed by atoms with E-state index in [1.165, 1.54) is 25.3 Å². The Morgan fingerprint density at radius 3 is 2.41 bits per heavy atom. The molecule has 2 heterocycles. The van der Waals surface area contributed by atoms with Gasteiger partial charge in [0.2, 0.25) is 0 Å². The predicted octanol–water partition coefficient (Wildman–Crippen LogP) is 5.41. The Kier molecular flexibility index (Phi) is 5.91. The van der Waals surface area contributed by atoms with Gasteiger partial charge in [0.15, 0.2) is 0 Å². The maximum Gasteiger partial charge on any atom is 0.261 e. The van der Waals surface area contributed by atoms with E-state index < -0.39 is 10.0 Å². The summed E-state index contributed by atoms with van der Waals surface area (Å²) in [7, 11) is -2.47. The van der Waals surface area contributed by atoms with E-state index >= 15 is 0 Å². The summed E-state index contributed by atoms with van der Waals surface area (Å²) in [5.41, 5.74) is 1.96. The third-order valence-electron chi connectivity index (χ3n) is 6.24. The first-order valence-corrected chi connectivity index (χ1v) is 12.9. The summed E-state index contributed by atoms with van der Waals surface area (Å²) < 4.78 is 40.3. The number of amides is 1. The number of sulfonamides is 1. The highest BCUT2D eigenvalue weighted by molar-refractivity contribution is 7.92. The highest BCUT2D eigenvalue weighted by Gasteiger charge is 2.24. The van der Waals surface area contributed by atoms with Gasteiger partial charge in [-0.15, -0.1) is 0 Å². The quantitative estimate of drug-likeness (QED) is 0.414. The summed E-state index contributed by atoms with van der Waals surface area (Å²) in [4.78, 5) is 15.0. The number of nitrogens with one attached hydrogen (secondary N) is 1. The zero-order valence-corrected chi connectivity index (χ0v) is 19.7. The average molecular weight is 479 g/mol. The Morgan fingerprint density at radius 2 is 1.65 bits per heavy atom. The number of ether oxygens (including phenoxy) is 1. The van der Waals surface area contributed by atoms with Crippen molar-refractivity contribution in [1.82, 2.24) is 4.90 Å². The minimum atomic E-state index is -3.95. The van der Waals surface area contributed by atoms with E-state index in [9.17, 15) is 13.2 Å². The number of furan rings is 1. The van der Waals surface area contributed by atoms with E-state index in [-0.39, 0.29) is 16.4 Å². The van der Waals surface area contributed by atoms with Crippen molar-refractivity contribution in [3.63, 3.8) is 0 Å². The lowest BCUT2D eigenvalue weighted by atomic mass is 10.1. The summed E-state index contributed by atoms with van der Waals surface area (Å²) in [5.74, 6) is 0.149. The number of para-hydroxylation sites is 1. The van der Waals surface area contributed by atoms with Crippen LogP contribution in [0.4, 0.5) is 5.69 Å². The van der Waals surface area contributed by atoms with Gasteiger partial charge in [-0.2, -0.15) is 0 Å². The number of methoxy groups -OCH3 is 1. The monoisotopic (exact) mass is 478 g/mol. The third kappa shape index (κ3) is 4.21. The molecular weight excluding hydrogens is 452 g/mol. The van der Waals surface area contributed by atoms with Crippen molar-refractivity contribution in [1.29, 1.82) is 0 Å². The van der Waals surface area contributed by atoms with E-state index in [1.807, 2.05) is 30.3 Å². The number of anilines is 1. The topological polar surface area (TPSA) is 88.9 Å². The van der Waals surface area contributed by atoms with Crippen LogP contribution in [0, 0.1) is 0 Å². The lowest BCUT2D eigenvalue weighted by Gasteiger charge is -2.22. The molecule has 8 heteroatoms. The Bertz CT molecular complexity index is 1470. The number of rotatable bonds is 5. The Balaban J connectivity index is 1.46. The van der Waals surface area contributed by atoms with Crippen molar-refractivity contribution in [3.8, 4) is 5.75 Å². The van der Waals surface area contributed by atoms with Crippen LogP contribution in [0.5, 0.6) is 5.75 Å². The van der Waals surface area contributed by atoms with Crippen LogP contribution in [-0.4, -0.2) is 39.4 Å². The highest BCUT2D eigenvalue weighted by atomic mass is 32.2. The molecule has 1 amide bonds. The smallest absolute Gasteiger partial charge is 0.261 e. The Hall–Kier alpha value is -3.52. The van der Waals surface area contributed by atoms with Crippen LogP contribution in [-0.2, 0) is 10.0 Å². The fraction of sp³-hybridized carbons (Fsp3) is 0.269. The molecule has 0 saturated carbocycles. The third-order valence-corrected chi connectivity index (χ3v) is 7.61. The molecule has 34 heavy (non-hydrogen) atoms. The normalized spacial score (nSPS) is 14.8. The minimum Gasteiger partial charge on any atom is -0.496 e. The molecule has 5 rings (SSSR count). The molecule has 0 aliphatic carbocycles. The number of carbonyl (C=O) groups excluding carboxylic acids is 1. The van der Waals surface area contributed by atoms with E-state index in [0.717, 1.165) is 42.0 Å². The van der Waals surface area contributed by atoms with Gasteiger partial charge < -0.3 is 14.1 Å². The van der Waals surface area contributed by atoms with Crippen LogP contribution in [0.15, 0.2) is 70.0 Å². The van der Waals surface area contributed by atoms with Gasteiger partial charge in [0, 0.05) is 29.9 Å². The van der Waals surface area contributed by atoms with Crippen LogP contribution in [0.1, 0.15) is 36.0 Å². The van der Waals surface area contributed by atoms with Crippen LogP contribution < -0.4 is 9.46 Å². The first-order chi connectivity index (χ1) is 16.5. The molecule has 0 unspecified atom stereocenters. The number of likely N-dealkylation sites (tertiary alicyclic amines) is 1. The molecule has 1 fully saturated rings. The second-order valence-corrected chi connectivity index (χ2v) is 10.2. The van der Waals surface area contributed by atoms with Gasteiger partial charge in [0.05, 0.1) is 23.3 Å². The summed E-state index contributed by atoms with van der Waals surface area (Å²) in [6, 6.07) is 17.2. The highest BCUT2D eigenvalue weighted by Crippen LogP contribution is 2.31. The van der Waals surface area contributed by atoms with Gasteiger partial charge in [-0.25, -0.2) is 8.42 Å². The lowest BCUT2D eigenvalue weighted by Crippen LogP contribution is -2.32. The molecule has 4 aromatic rings. The van der Waals surface area contributed by atoms with Crippen molar-refractivity contribution in [2.75, 3.05) is 24.9 Å². The van der Waals surface area contributed by atoms with E-state index in [0.29, 0.717) is 30.1 Å². The van der Waals surface area contributed by atoms with Crippen LogP contribution in [0.2, 0.25) is 0 Å². The van der Waals surface area contributed by atoms with Crippen LogP contribution in [0.3, 0.4) is 0 Å². The van der Waals surface area contributed by atoms with Crippen LogP contribution in [0.25, 0.3) is 21.9 Å². The minimum absolute atomic E-state index is 0.00354. The van der Waals surface area contributed by atoms with E-state index in [4.69, 9.17) is 9.15 Å². The van der Waals surface area contributed by atoms with Crippen molar-refractivity contribution in [2.45, 2.75) is 30.6 Å². The molecule has 1 aliphatic rings. The van der Waals surface area contributed by atoms with E-state index in [1.54, 1.807) is 17.0 Å². The lowest BCUT2D eigenvalue weighted by molar-refractivity contribution is 0.0758. The molecule has 1 saturated heterocycles. The Labute approximate surface area is 198 Å². The molecule has 0 spiro atoms. The zero-order chi connectivity index (χ0) is 23.7. The average Bonchev–Trinajstić information content (AvgIpc) is 3.00.